The van der Waals surface area contributed by atoms with Crippen LogP contribution in [0.5, 0.6) is 0 Å². The number of benzene rings is 1. The number of halogens is 1. The predicted octanol–water partition coefficient (Wildman–Crippen LogP) is 2.84. The predicted molar refractivity (Wildman–Crippen MR) is 44.4 cm³/mol. The van der Waals surface area contributed by atoms with Gasteiger partial charge in [-0.2, -0.15) is 7.05 Å². The third kappa shape index (κ3) is 1.72. The van der Waals surface area contributed by atoms with E-state index in [0.717, 1.165) is 10.6 Å². The molecule has 0 bridgehead atoms. The number of hydrogen-bond donors (Lipinski definition) is 0. The average molecular weight is 155 g/mol. The maximum Gasteiger partial charge on any atom is 0.0420 e. The van der Waals surface area contributed by atoms with Crippen molar-refractivity contribution in [2.24, 2.45) is 0 Å². The Morgan fingerprint density at radius 1 is 1.40 bits per heavy atom. The van der Waals surface area contributed by atoms with E-state index in [1.54, 1.807) is 7.05 Å². The van der Waals surface area contributed by atoms with Gasteiger partial charge in [0.25, 0.3) is 0 Å². The van der Waals surface area contributed by atoms with Crippen LogP contribution in [0.3, 0.4) is 0 Å². The topological polar surface area (TPSA) is 14.1 Å². The molecule has 0 radical (unpaired) electrons. The van der Waals surface area contributed by atoms with Crippen LogP contribution in [-0.4, -0.2) is 7.05 Å². The van der Waals surface area contributed by atoms with E-state index in [-0.39, 0.29) is 0 Å². The standard InChI is InChI=1S/C8H9ClN/c1-10-6-7-4-2-3-5-8(7)9/h2-5H,6H2,1H3/q-1. The molecule has 0 aromatic heterocycles. The van der Waals surface area contributed by atoms with E-state index in [0.29, 0.717) is 6.54 Å². The molecule has 0 saturated heterocycles. The van der Waals surface area contributed by atoms with E-state index in [4.69, 9.17) is 11.6 Å². The molecule has 10 heavy (non-hydrogen) atoms. The van der Waals surface area contributed by atoms with E-state index in [1.807, 2.05) is 24.3 Å². The van der Waals surface area contributed by atoms with Crippen molar-refractivity contribution in [1.82, 2.24) is 0 Å². The molecule has 0 heterocycles. The summed E-state index contributed by atoms with van der Waals surface area (Å²) in [6, 6.07) is 7.74. The minimum absolute atomic E-state index is 0.708. The molecular weight excluding hydrogens is 146 g/mol. The van der Waals surface area contributed by atoms with Gasteiger partial charge < -0.3 is 5.32 Å². The Bertz CT molecular complexity index is 210. The van der Waals surface area contributed by atoms with Crippen molar-refractivity contribution in [3.8, 4) is 0 Å². The van der Waals surface area contributed by atoms with Gasteiger partial charge in [-0.15, -0.1) is 6.54 Å². The summed E-state index contributed by atoms with van der Waals surface area (Å²) in [6.45, 7) is 0.708. The zero-order valence-electron chi connectivity index (χ0n) is 5.84. The van der Waals surface area contributed by atoms with Gasteiger partial charge in [0, 0.05) is 5.02 Å². The van der Waals surface area contributed by atoms with Crippen LogP contribution >= 0.6 is 11.6 Å². The first-order valence-electron chi connectivity index (χ1n) is 3.13. The highest BCUT2D eigenvalue weighted by Gasteiger charge is 1.89. The van der Waals surface area contributed by atoms with Gasteiger partial charge in [-0.1, -0.05) is 29.8 Å². The van der Waals surface area contributed by atoms with E-state index < -0.39 is 0 Å². The smallest absolute Gasteiger partial charge is 0.0420 e. The maximum atomic E-state index is 5.84. The van der Waals surface area contributed by atoms with Crippen LogP contribution in [0.4, 0.5) is 0 Å². The molecule has 1 aromatic carbocycles. The average Bonchev–Trinajstić information content (AvgIpc) is 1.94. The zero-order chi connectivity index (χ0) is 7.40. The lowest BCUT2D eigenvalue weighted by atomic mass is 10.2. The summed E-state index contributed by atoms with van der Waals surface area (Å²) < 4.78 is 0. The minimum Gasteiger partial charge on any atom is -0.661 e. The molecule has 0 spiro atoms. The van der Waals surface area contributed by atoms with Gasteiger partial charge in [0.15, 0.2) is 0 Å². The SMILES string of the molecule is C[N-]Cc1ccccc1Cl. The summed E-state index contributed by atoms with van der Waals surface area (Å²) in [5.41, 5.74) is 1.09. The molecule has 1 rings (SSSR count). The number of hydrogen-bond acceptors (Lipinski definition) is 0. The maximum absolute atomic E-state index is 5.84. The summed E-state index contributed by atoms with van der Waals surface area (Å²) in [4.78, 5) is 0. The van der Waals surface area contributed by atoms with Gasteiger partial charge in [0.05, 0.1) is 0 Å². The zero-order valence-corrected chi connectivity index (χ0v) is 6.60. The fourth-order valence-corrected chi connectivity index (χ4v) is 0.992. The number of nitrogens with zero attached hydrogens (tertiary/aromatic N) is 1. The third-order valence-corrected chi connectivity index (χ3v) is 1.66. The van der Waals surface area contributed by atoms with Crippen LogP contribution in [0.15, 0.2) is 24.3 Å². The van der Waals surface area contributed by atoms with E-state index in [9.17, 15) is 0 Å². The Balaban J connectivity index is 2.81. The van der Waals surface area contributed by atoms with E-state index in [1.165, 1.54) is 0 Å². The van der Waals surface area contributed by atoms with Crippen LogP contribution in [-0.2, 0) is 6.54 Å². The second-order valence-corrected chi connectivity index (χ2v) is 2.47. The quantitative estimate of drug-likeness (QED) is 0.622. The lowest BCUT2D eigenvalue weighted by Crippen LogP contribution is -1.81. The molecule has 2 heteroatoms. The molecule has 0 aliphatic heterocycles. The van der Waals surface area contributed by atoms with Crippen molar-refractivity contribution in [3.05, 3.63) is 40.2 Å². The van der Waals surface area contributed by atoms with E-state index in [2.05, 4.69) is 5.32 Å². The molecule has 0 aliphatic rings. The molecule has 0 amide bonds. The largest absolute Gasteiger partial charge is 0.661 e. The highest BCUT2D eigenvalue weighted by molar-refractivity contribution is 6.31. The van der Waals surface area contributed by atoms with Gasteiger partial charge in [0.2, 0.25) is 0 Å². The van der Waals surface area contributed by atoms with Gasteiger partial charge in [-0.3, -0.25) is 0 Å². The Morgan fingerprint density at radius 3 is 2.70 bits per heavy atom. The fraction of sp³-hybridized carbons (Fsp3) is 0.250. The molecule has 0 atom stereocenters. The monoisotopic (exact) mass is 154 g/mol. The van der Waals surface area contributed by atoms with Crippen LogP contribution in [0.1, 0.15) is 5.56 Å². The molecule has 1 aromatic rings. The van der Waals surface area contributed by atoms with Crippen LogP contribution in [0, 0.1) is 0 Å². The first kappa shape index (κ1) is 7.58. The summed E-state index contributed by atoms with van der Waals surface area (Å²) in [5, 5.41) is 4.78. The van der Waals surface area contributed by atoms with Crippen molar-refractivity contribution < 1.29 is 0 Å². The second-order valence-electron chi connectivity index (χ2n) is 2.07. The Labute approximate surface area is 66.0 Å². The molecule has 54 valence electrons. The van der Waals surface area contributed by atoms with Gasteiger partial charge in [-0.05, 0) is 11.6 Å². The summed E-state index contributed by atoms with van der Waals surface area (Å²) in [5.74, 6) is 0. The van der Waals surface area contributed by atoms with Crippen molar-refractivity contribution >= 4 is 11.6 Å². The highest BCUT2D eigenvalue weighted by atomic mass is 35.5. The summed E-state index contributed by atoms with van der Waals surface area (Å²) in [7, 11) is 1.78. The Hall–Kier alpha value is -0.530. The lowest BCUT2D eigenvalue weighted by Gasteiger charge is -2.11. The second kappa shape index (κ2) is 3.59. The summed E-state index contributed by atoms with van der Waals surface area (Å²) >= 11 is 5.84. The molecule has 1 nitrogen and oxygen atoms in total. The third-order valence-electron chi connectivity index (χ3n) is 1.29. The molecule has 0 saturated carbocycles. The van der Waals surface area contributed by atoms with Gasteiger partial charge >= 0.3 is 0 Å². The fourth-order valence-electron chi connectivity index (χ4n) is 0.797. The van der Waals surface area contributed by atoms with Crippen molar-refractivity contribution in [2.45, 2.75) is 6.54 Å². The van der Waals surface area contributed by atoms with Crippen molar-refractivity contribution in [2.75, 3.05) is 7.05 Å². The first-order chi connectivity index (χ1) is 4.84. The summed E-state index contributed by atoms with van der Waals surface area (Å²) in [6.07, 6.45) is 0. The van der Waals surface area contributed by atoms with Crippen molar-refractivity contribution in [3.63, 3.8) is 0 Å². The normalized spacial score (nSPS) is 9.80. The molecular formula is C8H9ClN-. The minimum atomic E-state index is 0.708. The molecule has 0 N–H and O–H groups in total. The lowest BCUT2D eigenvalue weighted by molar-refractivity contribution is 1.19. The molecule has 0 fully saturated rings. The van der Waals surface area contributed by atoms with Gasteiger partial charge in [-0.25, -0.2) is 0 Å². The van der Waals surface area contributed by atoms with Crippen LogP contribution in [0.2, 0.25) is 5.02 Å². The highest BCUT2D eigenvalue weighted by Crippen LogP contribution is 2.16. The number of rotatable bonds is 2. The molecule has 0 aliphatic carbocycles. The Kier molecular flexibility index (Phi) is 2.72. The first-order valence-corrected chi connectivity index (χ1v) is 3.51. The molecule has 0 unspecified atom stereocenters. The van der Waals surface area contributed by atoms with Gasteiger partial charge in [0.1, 0.15) is 0 Å². The Morgan fingerprint density at radius 2 is 2.10 bits per heavy atom. The van der Waals surface area contributed by atoms with Crippen LogP contribution in [0.25, 0.3) is 5.32 Å². The van der Waals surface area contributed by atoms with E-state index >= 15 is 0 Å². The van der Waals surface area contributed by atoms with Crippen molar-refractivity contribution in [1.29, 1.82) is 0 Å². The van der Waals surface area contributed by atoms with Crippen LogP contribution < -0.4 is 0 Å².